The summed E-state index contributed by atoms with van der Waals surface area (Å²) in [5.41, 5.74) is 4.74. The van der Waals surface area contributed by atoms with Crippen molar-refractivity contribution in [1.82, 2.24) is 0 Å². The maximum atomic E-state index is 11.5. The van der Waals surface area contributed by atoms with Gasteiger partial charge in [-0.05, 0) is 42.9 Å². The minimum absolute atomic E-state index is 0. The van der Waals surface area contributed by atoms with E-state index >= 15 is 0 Å². The Morgan fingerprint density at radius 1 is 0.712 bits per heavy atom. The Bertz CT molecular complexity index is 2220. The van der Waals surface area contributed by atoms with Crippen LogP contribution in [-0.2, 0) is 498 Å². The molecule has 1 saturated heterocycles. The quantitative estimate of drug-likeness (QED) is 0.0521. The van der Waals surface area contributed by atoms with E-state index in [2.05, 4.69) is 39.8 Å². The van der Waals surface area contributed by atoms with Crippen LogP contribution < -0.4 is 4.90 Å². The van der Waals surface area contributed by atoms with Crippen LogP contribution >= 0.6 is 0 Å². The first-order valence-corrected chi connectivity index (χ1v) is 23.2. The van der Waals surface area contributed by atoms with Crippen LogP contribution in [0.1, 0.15) is 77.3 Å². The van der Waals surface area contributed by atoms with E-state index in [9.17, 15) is 46.4 Å². The minimum Gasteiger partial charge on any atom is -0.748 e. The van der Waals surface area contributed by atoms with Gasteiger partial charge < -0.3 is 43.9 Å². The van der Waals surface area contributed by atoms with Crippen molar-refractivity contribution in [3.8, 4) is 0 Å². The number of rotatable bonds is 19. The Morgan fingerprint density at radius 3 is 1.74 bits per heavy atom. The summed E-state index contributed by atoms with van der Waals surface area (Å²) in [4.78, 5) is 2.03. The van der Waals surface area contributed by atoms with Gasteiger partial charge in [0.25, 0.3) is 0 Å². The van der Waals surface area contributed by atoms with Gasteiger partial charge in [-0.1, -0.05) is 63.9 Å². The first-order chi connectivity index (χ1) is 28.0. The number of anilines is 1. The Labute approximate surface area is 787 Å². The van der Waals surface area contributed by atoms with Gasteiger partial charge in [-0.3, -0.25) is 0 Å². The molecule has 2 aromatic rings. The van der Waals surface area contributed by atoms with Gasteiger partial charge in [-0.25, -0.2) is 21.4 Å². The zero-order valence-corrected chi connectivity index (χ0v) is 83.3. The monoisotopic (exact) mass is 2100 g/mol. The van der Waals surface area contributed by atoms with Crippen LogP contribution in [0.5, 0.6) is 0 Å². The Hall–Kier alpha value is 11.7. The number of benzene rings is 2. The SMILES string of the molecule is CCC1(CC)C(/C=C/C=C(/C=C/C=C2/N(CCCS(=O)(=O)[O-])c3cc[c-]cc3C2(CC)CC)OCC2OC(O)C(O)C(O)C2O)=[N+](CCCS(=O)(=O)[O-])c2cc[c-]cc21.[Y].[Y].[Y].[Y].[Y].[Y].[Y].[Y].[Y].[Y].[Y].[Y].[Y].[Y]. The predicted molar refractivity (Wildman–Crippen MR) is 220 cm³/mol. The number of allylic oxidation sites excluding steroid dienone is 7. The number of aliphatic hydroxyl groups excluding tert-OH is 4. The number of hydrogen-bond acceptors (Lipinski definition) is 13. The largest absolute Gasteiger partial charge is 0.748 e. The molecule has 0 spiro atoms. The molecule has 14 radical (unpaired) electrons. The molecular formula is C43H55N2O12S2Y14-3. The number of aliphatic hydroxyl groups is 4. The molecule has 0 amide bonds. The number of ether oxygens (including phenoxy) is 2. The number of fused-ring (bicyclic) bond motifs is 2. The molecule has 0 saturated carbocycles. The third-order valence-electron chi connectivity index (χ3n) is 12.0. The van der Waals surface area contributed by atoms with E-state index in [0.29, 0.717) is 25.7 Å². The summed E-state index contributed by atoms with van der Waals surface area (Å²) >= 11 is 0. The van der Waals surface area contributed by atoms with Crippen LogP contribution in [0.3, 0.4) is 0 Å². The van der Waals surface area contributed by atoms with E-state index < -0.39 is 73.3 Å². The molecule has 3 aliphatic rings. The van der Waals surface area contributed by atoms with Crippen molar-refractivity contribution in [3.05, 3.63) is 108 Å². The topological polar surface area (TPSA) is 220 Å². The summed E-state index contributed by atoms with van der Waals surface area (Å²) in [7, 11) is -8.85. The first-order valence-electron chi connectivity index (χ1n) is 20.0. The molecular weight excluding hydrogens is 2050 g/mol. The second-order valence-corrected chi connectivity index (χ2v) is 18.1. The summed E-state index contributed by atoms with van der Waals surface area (Å²) < 4.78 is 82.8. The van der Waals surface area contributed by atoms with Crippen LogP contribution in [0, 0.1) is 12.1 Å². The van der Waals surface area contributed by atoms with Crippen molar-refractivity contribution < 1.29 is 518 Å². The van der Waals surface area contributed by atoms with E-state index in [1.165, 1.54) is 0 Å². The fourth-order valence-electron chi connectivity index (χ4n) is 8.77. The van der Waals surface area contributed by atoms with Crippen molar-refractivity contribution in [3.63, 3.8) is 0 Å². The predicted octanol–water partition coefficient (Wildman–Crippen LogP) is 3.55. The van der Waals surface area contributed by atoms with E-state index in [0.717, 1.165) is 33.9 Å². The molecule has 366 valence electrons. The standard InChI is InChI=1S/C43H57N2O12S2.14Y/c1-5-42(6-2)31-19-9-11-21-33(31)44(25-15-27-58(50,51)52)36(42)23-13-17-30(56-29-35-38(46)39(47)40(48)41(49)57-35)18-14-24-37-43(7-3,8-4)32-20-10-12-22-34(32)45(37)26-16-28-59(53,54)55;;;;;;;;;;;;;;/h11-14,17-24,35,38-41,46-49H,5-8,15-16,25-29H2,1-4H3,(H,50,51,52)(H,53,54,55);;;;;;;;;;;;;;/q-1;;;;;;;;;;;;;;/p-2. The Kier molecular flexibility index (Phi) is 76.2. The van der Waals surface area contributed by atoms with Gasteiger partial charge in [-0.15, -0.1) is 17.7 Å². The van der Waals surface area contributed by atoms with Crippen molar-refractivity contribution in [1.29, 1.82) is 0 Å². The molecule has 5 rings (SSSR count). The fourth-order valence-corrected chi connectivity index (χ4v) is 9.73. The van der Waals surface area contributed by atoms with Gasteiger partial charge >= 0.3 is 0 Å². The van der Waals surface area contributed by atoms with Gasteiger partial charge in [0.1, 0.15) is 49.0 Å². The molecule has 73 heavy (non-hydrogen) atoms. The van der Waals surface area contributed by atoms with Gasteiger partial charge in [0.15, 0.2) is 12.0 Å². The summed E-state index contributed by atoms with van der Waals surface area (Å²) in [6.07, 6.45) is 5.91. The van der Waals surface area contributed by atoms with Crippen molar-refractivity contribution in [2.24, 2.45) is 0 Å². The summed E-state index contributed by atoms with van der Waals surface area (Å²) in [6.45, 7) is 8.53. The summed E-state index contributed by atoms with van der Waals surface area (Å²) in [5, 5.41) is 41.1. The molecule has 0 bridgehead atoms. The second-order valence-electron chi connectivity index (χ2n) is 15.1. The van der Waals surface area contributed by atoms with Gasteiger partial charge in [0.2, 0.25) is 0 Å². The van der Waals surface area contributed by atoms with E-state index in [1.807, 2.05) is 45.9 Å². The zero-order chi connectivity index (χ0) is 43.2. The van der Waals surface area contributed by atoms with E-state index in [4.69, 9.17) is 9.47 Å². The Morgan fingerprint density at radius 2 is 1.22 bits per heavy atom. The van der Waals surface area contributed by atoms with E-state index in [1.54, 1.807) is 36.4 Å². The maximum absolute atomic E-state index is 11.5. The Balaban J connectivity index is -0.000000354. The molecule has 5 atom stereocenters. The molecule has 4 N–H and O–H groups in total. The van der Waals surface area contributed by atoms with Crippen LogP contribution in [0.15, 0.2) is 84.3 Å². The molecule has 3 heterocycles. The third kappa shape index (κ3) is 29.9. The molecule has 0 aliphatic carbocycles. The summed E-state index contributed by atoms with van der Waals surface area (Å²) in [6, 6.07) is 17.6. The number of nitrogens with zero attached hydrogens (tertiary/aromatic N) is 2. The van der Waals surface area contributed by atoms with Gasteiger partial charge in [-0.2, -0.15) is 36.4 Å². The average molecular weight is 2100 g/mol. The molecule has 5 unspecified atom stereocenters. The average Bonchev–Trinajstić information content (AvgIpc) is 3.62. The van der Waals surface area contributed by atoms with Gasteiger partial charge in [0.05, 0.1) is 20.2 Å². The van der Waals surface area contributed by atoms with E-state index in [-0.39, 0.29) is 496 Å². The normalized spacial score (nSPS) is 20.2. The zero-order valence-electron chi connectivity index (χ0n) is 41.9. The van der Waals surface area contributed by atoms with Crippen LogP contribution in [0.2, 0.25) is 0 Å². The number of hydrogen-bond donors (Lipinski definition) is 4. The second kappa shape index (κ2) is 52.3. The van der Waals surface area contributed by atoms with Crippen molar-refractivity contribution in [2.75, 3.05) is 36.1 Å². The van der Waals surface area contributed by atoms with Gasteiger partial charge in [0, 0.05) is 500 Å². The maximum Gasteiger partial charge on any atom is 0.184 e. The molecule has 2 aromatic carbocycles. The summed E-state index contributed by atoms with van der Waals surface area (Å²) in [5.74, 6) is -0.741. The van der Waals surface area contributed by atoms with Crippen LogP contribution in [-0.4, -0.2) is 119 Å². The molecule has 14 nitrogen and oxygen atoms in total. The van der Waals surface area contributed by atoms with Crippen molar-refractivity contribution in [2.45, 2.75) is 108 Å². The first kappa shape index (κ1) is 106. The van der Waals surface area contributed by atoms with Crippen molar-refractivity contribution >= 4 is 37.3 Å². The molecule has 1 fully saturated rings. The smallest absolute Gasteiger partial charge is 0.184 e. The fraction of sp³-hybridized carbons (Fsp3) is 0.512. The molecule has 30 heteroatoms. The minimum atomic E-state index is -4.43. The van der Waals surface area contributed by atoms with Crippen LogP contribution in [0.25, 0.3) is 0 Å². The van der Waals surface area contributed by atoms with Crippen LogP contribution in [0.4, 0.5) is 11.4 Å². The molecule has 3 aliphatic heterocycles. The molecule has 0 aromatic heterocycles. The third-order valence-corrected chi connectivity index (χ3v) is 13.5.